The van der Waals surface area contributed by atoms with Gasteiger partial charge in [0.1, 0.15) is 18.2 Å². The average Bonchev–Trinajstić information content (AvgIpc) is 3.73. The molecule has 0 aliphatic carbocycles. The summed E-state index contributed by atoms with van der Waals surface area (Å²) < 4.78 is 10.6. The molecule has 208 valence electrons. The second-order valence-electron chi connectivity index (χ2n) is 10.2. The first-order valence-corrected chi connectivity index (χ1v) is 13.3. The number of rotatable bonds is 13. The third-order valence-corrected chi connectivity index (χ3v) is 6.95. The van der Waals surface area contributed by atoms with Crippen LogP contribution in [0.2, 0.25) is 0 Å². The van der Waals surface area contributed by atoms with Gasteiger partial charge >= 0.3 is 6.09 Å². The average molecular weight is 543 g/mol. The van der Waals surface area contributed by atoms with Crippen molar-refractivity contribution in [2.75, 3.05) is 6.61 Å². The summed E-state index contributed by atoms with van der Waals surface area (Å²) in [6.07, 6.45) is -0.571. The van der Waals surface area contributed by atoms with Crippen molar-refractivity contribution in [2.45, 2.75) is 51.0 Å². The number of carbonyl (C=O) groups excluding carboxylic acids is 4. The lowest BCUT2D eigenvalue weighted by atomic mass is 9.89. The molecule has 0 saturated carbocycles. The molecule has 0 spiro atoms. The van der Waals surface area contributed by atoms with Crippen LogP contribution in [0.5, 0.6) is 0 Å². The largest absolute Gasteiger partial charge is 0.445 e. The van der Waals surface area contributed by atoms with Gasteiger partial charge in [-0.2, -0.15) is 0 Å². The standard InChI is InChI=1S/C32H34N2O6/c1-22(33-31(38)39-20-24-14-8-4-9-15-24)27(35)19-26(18-23-12-6-3-7-13-23)30(37)34-28(25-16-10-5-11-17-25)29(36)32(2)21-40-32/h3-17,22,26,28H,18-21H2,1-2H3,(H,33,38)(H,34,37)/t22?,26-,28+,32?/m1/s1. The van der Waals surface area contributed by atoms with E-state index in [-0.39, 0.29) is 31.0 Å². The number of nitrogens with one attached hydrogen (secondary N) is 2. The van der Waals surface area contributed by atoms with Crippen molar-refractivity contribution >= 4 is 23.6 Å². The Balaban J connectivity index is 1.44. The Bertz CT molecular complexity index is 1310. The first kappa shape index (κ1) is 28.7. The van der Waals surface area contributed by atoms with Crippen LogP contribution in [0.4, 0.5) is 4.79 Å². The Morgan fingerprint density at radius 1 is 0.850 bits per heavy atom. The molecule has 0 radical (unpaired) electrons. The second kappa shape index (κ2) is 13.2. The summed E-state index contributed by atoms with van der Waals surface area (Å²) in [6, 6.07) is 25.8. The molecule has 0 aromatic heterocycles. The van der Waals surface area contributed by atoms with Gasteiger partial charge in [-0.05, 0) is 37.0 Å². The van der Waals surface area contributed by atoms with Gasteiger partial charge in [0.15, 0.2) is 11.6 Å². The Hall–Kier alpha value is -4.30. The number of Topliss-reactive ketones (excluding diaryl/α,β-unsaturated/α-hetero) is 2. The van der Waals surface area contributed by atoms with Gasteiger partial charge in [-0.1, -0.05) is 91.0 Å². The zero-order valence-corrected chi connectivity index (χ0v) is 22.7. The summed E-state index contributed by atoms with van der Waals surface area (Å²) in [5.74, 6) is -1.77. The van der Waals surface area contributed by atoms with Gasteiger partial charge in [-0.15, -0.1) is 0 Å². The maximum atomic E-state index is 13.7. The molecule has 8 nitrogen and oxygen atoms in total. The minimum Gasteiger partial charge on any atom is -0.445 e. The smallest absolute Gasteiger partial charge is 0.408 e. The van der Waals surface area contributed by atoms with Crippen molar-refractivity contribution in [3.8, 4) is 0 Å². The maximum absolute atomic E-state index is 13.7. The lowest BCUT2D eigenvalue weighted by Crippen LogP contribution is -2.44. The SMILES string of the molecule is CC(NC(=O)OCc1ccccc1)C(=O)C[C@@H](Cc1ccccc1)C(=O)N[C@H](C(=O)C1(C)CO1)c1ccccc1. The van der Waals surface area contributed by atoms with Crippen LogP contribution in [-0.4, -0.2) is 41.8 Å². The lowest BCUT2D eigenvalue weighted by molar-refractivity contribution is -0.134. The fourth-order valence-electron chi connectivity index (χ4n) is 4.36. The van der Waals surface area contributed by atoms with Gasteiger partial charge in [-0.3, -0.25) is 14.4 Å². The van der Waals surface area contributed by atoms with Gasteiger partial charge in [0.2, 0.25) is 5.91 Å². The Labute approximate surface area is 234 Å². The zero-order valence-electron chi connectivity index (χ0n) is 22.7. The van der Waals surface area contributed by atoms with E-state index in [0.717, 1.165) is 11.1 Å². The molecule has 4 rings (SSSR count). The number of hydrogen-bond donors (Lipinski definition) is 2. The molecule has 1 saturated heterocycles. The molecule has 1 fully saturated rings. The van der Waals surface area contributed by atoms with E-state index in [2.05, 4.69) is 10.6 Å². The lowest BCUT2D eigenvalue weighted by Gasteiger charge is -2.24. The van der Waals surface area contributed by atoms with E-state index >= 15 is 0 Å². The van der Waals surface area contributed by atoms with Crippen LogP contribution in [0.1, 0.15) is 43.0 Å². The van der Waals surface area contributed by atoms with Crippen LogP contribution < -0.4 is 10.6 Å². The van der Waals surface area contributed by atoms with Crippen molar-refractivity contribution in [3.05, 3.63) is 108 Å². The van der Waals surface area contributed by atoms with E-state index in [1.54, 1.807) is 38.1 Å². The van der Waals surface area contributed by atoms with Gasteiger partial charge in [0, 0.05) is 12.3 Å². The van der Waals surface area contributed by atoms with E-state index in [0.29, 0.717) is 12.2 Å². The van der Waals surface area contributed by atoms with Crippen LogP contribution >= 0.6 is 0 Å². The summed E-state index contributed by atoms with van der Waals surface area (Å²) in [6.45, 7) is 3.63. The topological polar surface area (TPSA) is 114 Å². The molecule has 3 aromatic rings. The van der Waals surface area contributed by atoms with Crippen molar-refractivity contribution < 1.29 is 28.7 Å². The van der Waals surface area contributed by atoms with Crippen molar-refractivity contribution in [1.82, 2.24) is 10.6 Å². The van der Waals surface area contributed by atoms with Gasteiger partial charge < -0.3 is 20.1 Å². The molecular formula is C32H34N2O6. The molecule has 1 aliphatic rings. The molecule has 1 heterocycles. The van der Waals surface area contributed by atoms with Gasteiger partial charge in [0.25, 0.3) is 0 Å². The number of epoxide rings is 1. The summed E-state index contributed by atoms with van der Waals surface area (Å²) >= 11 is 0. The fourth-order valence-corrected chi connectivity index (χ4v) is 4.36. The Morgan fingerprint density at radius 2 is 1.40 bits per heavy atom. The summed E-state index contributed by atoms with van der Waals surface area (Å²) in [5, 5.41) is 5.45. The molecule has 2 N–H and O–H groups in total. The van der Waals surface area contributed by atoms with Crippen molar-refractivity contribution in [3.63, 3.8) is 0 Å². The summed E-state index contributed by atoms with van der Waals surface area (Å²) in [4.78, 5) is 52.4. The molecule has 40 heavy (non-hydrogen) atoms. The minimum absolute atomic E-state index is 0.0736. The zero-order chi connectivity index (χ0) is 28.5. The number of amides is 2. The third kappa shape index (κ3) is 7.86. The predicted molar refractivity (Wildman–Crippen MR) is 149 cm³/mol. The number of ether oxygens (including phenoxy) is 2. The number of ketones is 2. The first-order chi connectivity index (χ1) is 19.2. The summed E-state index contributed by atoms with van der Waals surface area (Å²) in [5.41, 5.74) is 1.39. The van der Waals surface area contributed by atoms with Crippen molar-refractivity contribution in [2.24, 2.45) is 5.92 Å². The number of carbonyl (C=O) groups is 4. The minimum atomic E-state index is -0.947. The highest BCUT2D eigenvalue weighted by molar-refractivity contribution is 5.98. The molecule has 2 unspecified atom stereocenters. The maximum Gasteiger partial charge on any atom is 0.408 e. The van der Waals surface area contributed by atoms with Crippen LogP contribution in [0.15, 0.2) is 91.0 Å². The van der Waals surface area contributed by atoms with E-state index in [9.17, 15) is 19.2 Å². The van der Waals surface area contributed by atoms with Crippen LogP contribution in [-0.2, 0) is 36.9 Å². The molecule has 0 bridgehead atoms. The third-order valence-electron chi connectivity index (χ3n) is 6.95. The summed E-state index contributed by atoms with van der Waals surface area (Å²) in [7, 11) is 0. The van der Waals surface area contributed by atoms with E-state index in [4.69, 9.17) is 9.47 Å². The highest BCUT2D eigenvalue weighted by Crippen LogP contribution is 2.33. The number of alkyl carbamates (subject to hydrolysis) is 1. The van der Waals surface area contributed by atoms with E-state index < -0.39 is 35.6 Å². The molecular weight excluding hydrogens is 508 g/mol. The predicted octanol–water partition coefficient (Wildman–Crippen LogP) is 4.33. The molecule has 2 amide bonds. The van der Waals surface area contributed by atoms with Gasteiger partial charge in [0.05, 0.1) is 12.6 Å². The highest BCUT2D eigenvalue weighted by atomic mass is 16.6. The van der Waals surface area contributed by atoms with Crippen LogP contribution in [0, 0.1) is 5.92 Å². The van der Waals surface area contributed by atoms with Gasteiger partial charge in [-0.25, -0.2) is 4.79 Å². The highest BCUT2D eigenvalue weighted by Gasteiger charge is 2.50. The molecule has 8 heteroatoms. The van der Waals surface area contributed by atoms with Crippen LogP contribution in [0.25, 0.3) is 0 Å². The normalized spacial score (nSPS) is 18.1. The second-order valence-corrected chi connectivity index (χ2v) is 10.2. The Morgan fingerprint density at radius 3 is 1.98 bits per heavy atom. The van der Waals surface area contributed by atoms with E-state index in [1.807, 2.05) is 66.7 Å². The fraction of sp³-hybridized carbons (Fsp3) is 0.312. The van der Waals surface area contributed by atoms with E-state index in [1.165, 1.54) is 0 Å². The monoisotopic (exact) mass is 542 g/mol. The van der Waals surface area contributed by atoms with Crippen LogP contribution in [0.3, 0.4) is 0 Å². The molecule has 1 aliphatic heterocycles. The van der Waals surface area contributed by atoms with Crippen molar-refractivity contribution in [1.29, 1.82) is 0 Å². The molecule has 4 atom stereocenters. The molecule has 3 aromatic carbocycles. The quantitative estimate of drug-likeness (QED) is 0.311. The number of hydrogen-bond acceptors (Lipinski definition) is 6. The first-order valence-electron chi connectivity index (χ1n) is 13.3. The Kier molecular flexibility index (Phi) is 9.45. The number of benzene rings is 3.